The summed E-state index contributed by atoms with van der Waals surface area (Å²) in [6.07, 6.45) is 3.02. The number of aromatic nitrogens is 1. The third-order valence-electron chi connectivity index (χ3n) is 4.16. The van der Waals surface area contributed by atoms with Gasteiger partial charge >= 0.3 is 0 Å². The number of anilines is 1. The number of nitrogens with zero attached hydrogens (tertiary/aromatic N) is 2. The van der Waals surface area contributed by atoms with Gasteiger partial charge in [-0.05, 0) is 49.7 Å². The molecule has 0 saturated carbocycles. The van der Waals surface area contributed by atoms with Crippen LogP contribution in [0.5, 0.6) is 0 Å². The molecule has 29 heavy (non-hydrogen) atoms. The maximum Gasteiger partial charge on any atom is 0.273 e. The molecule has 3 rings (SSSR count). The van der Waals surface area contributed by atoms with Crippen molar-refractivity contribution in [2.45, 2.75) is 13.8 Å². The summed E-state index contributed by atoms with van der Waals surface area (Å²) in [4.78, 5) is 29.0. The van der Waals surface area contributed by atoms with Crippen molar-refractivity contribution in [1.82, 2.24) is 10.4 Å². The van der Waals surface area contributed by atoms with Crippen molar-refractivity contribution in [3.05, 3.63) is 94.3 Å². The maximum atomic E-state index is 12.7. The van der Waals surface area contributed by atoms with Crippen LogP contribution in [0.15, 0.2) is 72.1 Å². The third-order valence-corrected chi connectivity index (χ3v) is 4.39. The fourth-order valence-electron chi connectivity index (χ4n) is 2.63. The summed E-state index contributed by atoms with van der Waals surface area (Å²) in [5, 5.41) is 7.26. The van der Waals surface area contributed by atoms with Crippen molar-refractivity contribution in [3.8, 4) is 0 Å². The van der Waals surface area contributed by atoms with Gasteiger partial charge < -0.3 is 5.32 Å². The van der Waals surface area contributed by atoms with Crippen molar-refractivity contribution >= 4 is 34.8 Å². The molecule has 0 fully saturated rings. The molecule has 0 radical (unpaired) electrons. The summed E-state index contributed by atoms with van der Waals surface area (Å²) in [7, 11) is 0. The highest BCUT2D eigenvalue weighted by Crippen LogP contribution is 2.21. The van der Waals surface area contributed by atoms with Gasteiger partial charge in [-0.15, -0.1) is 0 Å². The number of hydrogen-bond donors (Lipinski definition) is 2. The molecule has 2 aromatic carbocycles. The summed E-state index contributed by atoms with van der Waals surface area (Å²) in [5.74, 6) is -0.866. The number of rotatable bonds is 5. The van der Waals surface area contributed by atoms with Crippen molar-refractivity contribution < 1.29 is 9.59 Å². The Hall–Kier alpha value is -3.51. The van der Waals surface area contributed by atoms with Crippen LogP contribution in [0.4, 0.5) is 5.69 Å². The highest BCUT2D eigenvalue weighted by atomic mass is 35.5. The minimum absolute atomic E-state index is 0.204. The van der Waals surface area contributed by atoms with Gasteiger partial charge in [-0.1, -0.05) is 41.4 Å². The second kappa shape index (κ2) is 9.12. The van der Waals surface area contributed by atoms with Crippen molar-refractivity contribution in [2.24, 2.45) is 5.10 Å². The van der Waals surface area contributed by atoms with E-state index in [-0.39, 0.29) is 11.5 Å². The van der Waals surface area contributed by atoms with Crippen LogP contribution in [0, 0.1) is 6.92 Å². The van der Waals surface area contributed by atoms with Gasteiger partial charge in [0.25, 0.3) is 11.8 Å². The molecule has 2 N–H and O–H groups in total. The van der Waals surface area contributed by atoms with Gasteiger partial charge in [-0.25, -0.2) is 5.43 Å². The molecule has 2 amide bonds. The fourth-order valence-corrected chi connectivity index (χ4v) is 2.81. The zero-order chi connectivity index (χ0) is 20.8. The summed E-state index contributed by atoms with van der Waals surface area (Å²) in [6, 6.07) is 15.7. The van der Waals surface area contributed by atoms with E-state index in [1.165, 1.54) is 12.3 Å². The van der Waals surface area contributed by atoms with Gasteiger partial charge in [0.15, 0.2) is 0 Å². The molecule has 0 unspecified atom stereocenters. The predicted molar refractivity (Wildman–Crippen MR) is 114 cm³/mol. The molecule has 0 spiro atoms. The molecular weight excluding hydrogens is 388 g/mol. The van der Waals surface area contributed by atoms with E-state index < -0.39 is 5.91 Å². The average Bonchev–Trinajstić information content (AvgIpc) is 2.73. The highest BCUT2D eigenvalue weighted by Gasteiger charge is 2.15. The molecule has 0 aliphatic heterocycles. The van der Waals surface area contributed by atoms with E-state index in [0.717, 1.165) is 11.1 Å². The largest absolute Gasteiger partial charge is 0.321 e. The fraction of sp³-hybridized carbons (Fsp3) is 0.0909. The van der Waals surface area contributed by atoms with Crippen LogP contribution in [0.2, 0.25) is 5.02 Å². The summed E-state index contributed by atoms with van der Waals surface area (Å²) >= 11 is 6.05. The Morgan fingerprint density at radius 1 is 1.00 bits per heavy atom. The van der Waals surface area contributed by atoms with E-state index in [2.05, 4.69) is 20.8 Å². The molecule has 6 nitrogen and oxygen atoms in total. The number of halogens is 1. The number of carbonyl (C=O) groups is 2. The number of benzene rings is 2. The smallest absolute Gasteiger partial charge is 0.273 e. The molecule has 0 aliphatic rings. The first kappa shape index (κ1) is 20.2. The number of nitrogens with one attached hydrogen (secondary N) is 2. The van der Waals surface area contributed by atoms with Gasteiger partial charge in [0.05, 0.1) is 22.5 Å². The normalized spacial score (nSPS) is 11.1. The van der Waals surface area contributed by atoms with Crippen LogP contribution in [0.3, 0.4) is 0 Å². The quantitative estimate of drug-likeness (QED) is 0.485. The Morgan fingerprint density at radius 3 is 2.52 bits per heavy atom. The predicted octanol–water partition coefficient (Wildman–Crippen LogP) is 4.45. The number of hydrazone groups is 1. The van der Waals surface area contributed by atoms with Gasteiger partial charge in [0.2, 0.25) is 0 Å². The summed E-state index contributed by atoms with van der Waals surface area (Å²) in [5.41, 5.74) is 6.09. The van der Waals surface area contributed by atoms with Gasteiger partial charge in [0.1, 0.15) is 0 Å². The second-order valence-electron chi connectivity index (χ2n) is 6.39. The molecule has 0 aliphatic carbocycles. The van der Waals surface area contributed by atoms with Crippen LogP contribution in [0.1, 0.15) is 38.8 Å². The number of pyridine rings is 1. The lowest BCUT2D eigenvalue weighted by atomic mass is 10.1. The van der Waals surface area contributed by atoms with Crippen molar-refractivity contribution in [2.75, 3.05) is 5.32 Å². The van der Waals surface area contributed by atoms with E-state index in [9.17, 15) is 9.59 Å². The molecule has 0 atom stereocenters. The molecule has 7 heteroatoms. The Kier molecular flexibility index (Phi) is 6.36. The zero-order valence-corrected chi connectivity index (χ0v) is 16.7. The van der Waals surface area contributed by atoms with E-state index in [1.54, 1.807) is 37.4 Å². The first-order chi connectivity index (χ1) is 13.9. The lowest BCUT2D eigenvalue weighted by Gasteiger charge is -2.11. The topological polar surface area (TPSA) is 83.5 Å². The number of hydrogen-bond acceptors (Lipinski definition) is 4. The van der Waals surface area contributed by atoms with Crippen LogP contribution in [0.25, 0.3) is 0 Å². The minimum atomic E-state index is -0.485. The van der Waals surface area contributed by atoms with Crippen LogP contribution < -0.4 is 10.7 Å². The van der Waals surface area contributed by atoms with Gasteiger partial charge in [0, 0.05) is 17.4 Å². The lowest BCUT2D eigenvalue weighted by Crippen LogP contribution is -2.22. The van der Waals surface area contributed by atoms with Crippen molar-refractivity contribution in [3.63, 3.8) is 0 Å². The molecule has 0 bridgehead atoms. The van der Waals surface area contributed by atoms with E-state index in [1.807, 2.05) is 31.2 Å². The van der Waals surface area contributed by atoms with Crippen LogP contribution >= 0.6 is 11.6 Å². The number of carbonyl (C=O) groups excluding carboxylic acids is 2. The standard InChI is InChI=1S/C22H19ClN4O2/c1-14-5-3-6-16(11-14)15(2)26-27-22(29)19-12-18(23)8-9-20(19)25-21(28)17-7-4-10-24-13-17/h3-13H,1-2H3,(H,25,28)(H,27,29). The average molecular weight is 407 g/mol. The summed E-state index contributed by atoms with van der Waals surface area (Å²) in [6.45, 7) is 3.79. The maximum absolute atomic E-state index is 12.7. The molecular formula is C22H19ClN4O2. The highest BCUT2D eigenvalue weighted by molar-refractivity contribution is 6.31. The minimum Gasteiger partial charge on any atom is -0.321 e. The monoisotopic (exact) mass is 406 g/mol. The first-order valence-electron chi connectivity index (χ1n) is 8.86. The van der Waals surface area contributed by atoms with Gasteiger partial charge in [-0.2, -0.15) is 5.10 Å². The van der Waals surface area contributed by atoms with Gasteiger partial charge in [-0.3, -0.25) is 14.6 Å². The number of amides is 2. The Labute approximate surface area is 173 Å². The Bertz CT molecular complexity index is 1080. The van der Waals surface area contributed by atoms with E-state index in [0.29, 0.717) is 22.0 Å². The first-order valence-corrected chi connectivity index (χ1v) is 9.24. The summed E-state index contributed by atoms with van der Waals surface area (Å²) < 4.78 is 0. The SMILES string of the molecule is CC(=NNC(=O)c1cc(Cl)ccc1NC(=O)c1cccnc1)c1cccc(C)c1. The molecule has 3 aromatic rings. The Balaban J connectivity index is 1.80. The molecule has 0 saturated heterocycles. The third kappa shape index (κ3) is 5.27. The molecule has 1 heterocycles. The van der Waals surface area contributed by atoms with Crippen LogP contribution in [-0.2, 0) is 0 Å². The zero-order valence-electron chi connectivity index (χ0n) is 15.9. The van der Waals surface area contributed by atoms with E-state index in [4.69, 9.17) is 11.6 Å². The van der Waals surface area contributed by atoms with Crippen molar-refractivity contribution in [1.29, 1.82) is 0 Å². The molecule has 146 valence electrons. The molecule has 1 aromatic heterocycles. The van der Waals surface area contributed by atoms with Crippen LogP contribution in [-0.4, -0.2) is 22.5 Å². The lowest BCUT2D eigenvalue weighted by molar-refractivity contribution is 0.0955. The van der Waals surface area contributed by atoms with E-state index >= 15 is 0 Å². The second-order valence-corrected chi connectivity index (χ2v) is 6.83. The Morgan fingerprint density at radius 2 is 1.79 bits per heavy atom. The number of aryl methyl sites for hydroxylation is 1.